The minimum atomic E-state index is -1.03. The summed E-state index contributed by atoms with van der Waals surface area (Å²) in [6, 6.07) is 6.11. The van der Waals surface area contributed by atoms with Crippen molar-refractivity contribution in [1.82, 2.24) is 10.3 Å². The zero-order valence-corrected chi connectivity index (χ0v) is 11.7. The fourth-order valence-electron chi connectivity index (χ4n) is 2.02. The number of benzene rings is 1. The number of hydrogen-bond donors (Lipinski definition) is 3. The molecule has 0 saturated heterocycles. The lowest BCUT2D eigenvalue weighted by atomic mass is 10.1. The Morgan fingerprint density at radius 3 is 2.80 bits per heavy atom. The summed E-state index contributed by atoms with van der Waals surface area (Å²) >= 11 is 6.02. The van der Waals surface area contributed by atoms with Crippen molar-refractivity contribution in [1.29, 1.82) is 0 Å². The van der Waals surface area contributed by atoms with E-state index in [0.29, 0.717) is 29.1 Å². The Labute approximate surface area is 120 Å². The molecule has 0 aliphatic heterocycles. The number of amides is 1. The van der Waals surface area contributed by atoms with Gasteiger partial charge in [0.1, 0.15) is 11.7 Å². The third-order valence-electron chi connectivity index (χ3n) is 3.03. The smallest absolute Gasteiger partial charge is 0.326 e. The average molecular weight is 295 g/mol. The zero-order chi connectivity index (χ0) is 14.7. The summed E-state index contributed by atoms with van der Waals surface area (Å²) in [5.41, 5.74) is 0.970. The van der Waals surface area contributed by atoms with Crippen molar-refractivity contribution < 1.29 is 14.7 Å². The van der Waals surface area contributed by atoms with Gasteiger partial charge >= 0.3 is 5.97 Å². The molecule has 0 bridgehead atoms. The number of H-pyrrole nitrogens is 1. The van der Waals surface area contributed by atoms with E-state index in [1.807, 2.05) is 13.0 Å². The first-order valence-electron chi connectivity index (χ1n) is 6.33. The second-order valence-electron chi connectivity index (χ2n) is 4.54. The standard InChI is InChI=1S/C14H15ClN2O3/c1-2-4-10(14(19)20)17-13(18)11-7-8-5-3-6-9(15)12(8)16-11/h3,5-7,10,16H,2,4H2,1H3,(H,17,18)(H,19,20). The van der Waals surface area contributed by atoms with Gasteiger partial charge in [-0.3, -0.25) is 4.79 Å². The van der Waals surface area contributed by atoms with Crippen molar-refractivity contribution in [3.63, 3.8) is 0 Å². The lowest BCUT2D eigenvalue weighted by molar-refractivity contribution is -0.139. The molecule has 1 aromatic heterocycles. The first kappa shape index (κ1) is 14.4. The van der Waals surface area contributed by atoms with E-state index in [1.165, 1.54) is 0 Å². The van der Waals surface area contributed by atoms with Gasteiger partial charge in [-0.2, -0.15) is 0 Å². The molecule has 106 valence electrons. The molecule has 0 aliphatic carbocycles. The number of carboxylic acid groups (broad SMARTS) is 1. The number of aromatic amines is 1. The Balaban J connectivity index is 2.22. The van der Waals surface area contributed by atoms with Gasteiger partial charge in [-0.25, -0.2) is 4.79 Å². The van der Waals surface area contributed by atoms with E-state index >= 15 is 0 Å². The van der Waals surface area contributed by atoms with Gasteiger partial charge < -0.3 is 15.4 Å². The van der Waals surface area contributed by atoms with Crippen LogP contribution in [-0.2, 0) is 4.79 Å². The molecule has 0 spiro atoms. The number of rotatable bonds is 5. The van der Waals surface area contributed by atoms with Crippen molar-refractivity contribution in [2.75, 3.05) is 0 Å². The van der Waals surface area contributed by atoms with E-state index in [2.05, 4.69) is 10.3 Å². The van der Waals surface area contributed by atoms with E-state index in [4.69, 9.17) is 16.7 Å². The van der Waals surface area contributed by atoms with E-state index in [1.54, 1.807) is 18.2 Å². The second kappa shape index (κ2) is 5.96. The van der Waals surface area contributed by atoms with Crippen molar-refractivity contribution in [2.45, 2.75) is 25.8 Å². The highest BCUT2D eigenvalue weighted by Crippen LogP contribution is 2.23. The van der Waals surface area contributed by atoms with Gasteiger partial charge in [-0.05, 0) is 18.6 Å². The molecule has 6 heteroatoms. The van der Waals surface area contributed by atoms with Crippen LogP contribution in [0.25, 0.3) is 10.9 Å². The molecule has 1 amide bonds. The van der Waals surface area contributed by atoms with Crippen molar-refractivity contribution in [3.05, 3.63) is 35.0 Å². The normalized spacial score (nSPS) is 12.3. The number of carbonyl (C=O) groups excluding carboxylic acids is 1. The minimum absolute atomic E-state index is 0.301. The van der Waals surface area contributed by atoms with E-state index in [9.17, 15) is 9.59 Å². The fourth-order valence-corrected chi connectivity index (χ4v) is 2.25. The van der Waals surface area contributed by atoms with Gasteiger partial charge in [0.05, 0.1) is 10.5 Å². The predicted octanol–water partition coefficient (Wildman–Crippen LogP) is 2.80. The summed E-state index contributed by atoms with van der Waals surface area (Å²) in [5, 5.41) is 12.9. The average Bonchev–Trinajstić information content (AvgIpc) is 2.83. The zero-order valence-electron chi connectivity index (χ0n) is 10.9. The number of fused-ring (bicyclic) bond motifs is 1. The van der Waals surface area contributed by atoms with Crippen LogP contribution in [0.2, 0.25) is 5.02 Å². The van der Waals surface area contributed by atoms with Crippen LogP contribution >= 0.6 is 11.6 Å². The Kier molecular flexibility index (Phi) is 4.29. The highest BCUT2D eigenvalue weighted by atomic mass is 35.5. The molecule has 1 heterocycles. The van der Waals surface area contributed by atoms with Crippen LogP contribution in [0.4, 0.5) is 0 Å². The first-order chi connectivity index (χ1) is 9.52. The van der Waals surface area contributed by atoms with Crippen molar-refractivity contribution in [2.24, 2.45) is 0 Å². The maximum Gasteiger partial charge on any atom is 0.326 e. The van der Waals surface area contributed by atoms with Crippen LogP contribution in [0.3, 0.4) is 0 Å². The fraction of sp³-hybridized carbons (Fsp3) is 0.286. The van der Waals surface area contributed by atoms with Crippen LogP contribution < -0.4 is 5.32 Å². The second-order valence-corrected chi connectivity index (χ2v) is 4.95. The highest BCUT2D eigenvalue weighted by Gasteiger charge is 2.20. The van der Waals surface area contributed by atoms with E-state index in [-0.39, 0.29) is 0 Å². The summed E-state index contributed by atoms with van der Waals surface area (Å²) in [6.45, 7) is 1.87. The summed E-state index contributed by atoms with van der Waals surface area (Å²) < 4.78 is 0. The molecular weight excluding hydrogens is 280 g/mol. The Morgan fingerprint density at radius 1 is 1.45 bits per heavy atom. The molecule has 3 N–H and O–H groups in total. The summed E-state index contributed by atoms with van der Waals surface area (Å²) in [6.07, 6.45) is 1.07. The summed E-state index contributed by atoms with van der Waals surface area (Å²) in [7, 11) is 0. The van der Waals surface area contributed by atoms with Crippen LogP contribution in [0, 0.1) is 0 Å². The van der Waals surface area contributed by atoms with Crippen molar-refractivity contribution in [3.8, 4) is 0 Å². The summed E-state index contributed by atoms with van der Waals surface area (Å²) in [5.74, 6) is -1.48. The molecule has 2 rings (SSSR count). The SMILES string of the molecule is CCCC(NC(=O)c1cc2cccc(Cl)c2[nH]1)C(=O)O. The number of halogens is 1. The highest BCUT2D eigenvalue weighted by molar-refractivity contribution is 6.35. The van der Waals surface area contributed by atoms with Gasteiger partial charge in [0.15, 0.2) is 0 Å². The molecule has 20 heavy (non-hydrogen) atoms. The van der Waals surface area contributed by atoms with E-state index < -0.39 is 17.9 Å². The third-order valence-corrected chi connectivity index (χ3v) is 3.35. The number of para-hydroxylation sites is 1. The molecule has 0 saturated carbocycles. The number of carboxylic acids is 1. The van der Waals surface area contributed by atoms with E-state index in [0.717, 1.165) is 5.39 Å². The topological polar surface area (TPSA) is 82.2 Å². The number of aliphatic carboxylic acids is 1. The quantitative estimate of drug-likeness (QED) is 0.793. The molecule has 0 fully saturated rings. The third kappa shape index (κ3) is 2.93. The molecule has 0 aliphatic rings. The Morgan fingerprint density at radius 2 is 2.20 bits per heavy atom. The van der Waals surface area contributed by atoms with Crippen LogP contribution in [0.15, 0.2) is 24.3 Å². The molecule has 5 nitrogen and oxygen atoms in total. The molecule has 0 radical (unpaired) electrons. The van der Waals surface area contributed by atoms with Gasteiger partial charge in [0, 0.05) is 5.39 Å². The Bertz CT molecular complexity index is 651. The van der Waals surface area contributed by atoms with Crippen molar-refractivity contribution >= 4 is 34.4 Å². The first-order valence-corrected chi connectivity index (χ1v) is 6.71. The predicted molar refractivity (Wildman–Crippen MR) is 77.1 cm³/mol. The number of hydrogen-bond acceptors (Lipinski definition) is 2. The number of nitrogens with one attached hydrogen (secondary N) is 2. The van der Waals surface area contributed by atoms with Crippen LogP contribution in [-0.4, -0.2) is 28.0 Å². The lowest BCUT2D eigenvalue weighted by Gasteiger charge is -2.12. The molecule has 1 aromatic carbocycles. The summed E-state index contributed by atoms with van der Waals surface area (Å²) in [4.78, 5) is 26.0. The van der Waals surface area contributed by atoms with Crippen LogP contribution in [0.1, 0.15) is 30.3 Å². The molecular formula is C14H15ClN2O3. The molecule has 2 aromatic rings. The van der Waals surface area contributed by atoms with Gasteiger partial charge in [-0.1, -0.05) is 37.1 Å². The molecule has 1 unspecified atom stereocenters. The van der Waals surface area contributed by atoms with Gasteiger partial charge in [0.25, 0.3) is 5.91 Å². The van der Waals surface area contributed by atoms with Gasteiger partial charge in [0.2, 0.25) is 0 Å². The largest absolute Gasteiger partial charge is 0.480 e. The molecule has 1 atom stereocenters. The monoisotopic (exact) mass is 294 g/mol. The van der Waals surface area contributed by atoms with Gasteiger partial charge in [-0.15, -0.1) is 0 Å². The maximum atomic E-state index is 12.1. The maximum absolute atomic E-state index is 12.1. The Hall–Kier alpha value is -2.01. The van der Waals surface area contributed by atoms with Crippen LogP contribution in [0.5, 0.6) is 0 Å². The lowest BCUT2D eigenvalue weighted by Crippen LogP contribution is -2.40. The number of aromatic nitrogens is 1. The minimum Gasteiger partial charge on any atom is -0.480 e. The number of carbonyl (C=O) groups is 2.